The molecule has 16 heavy (non-hydrogen) atoms. The van der Waals surface area contributed by atoms with Gasteiger partial charge in [-0.15, -0.1) is 0 Å². The zero-order valence-electron chi connectivity index (χ0n) is 9.42. The summed E-state index contributed by atoms with van der Waals surface area (Å²) in [5.41, 5.74) is 0.993. The molecule has 0 unspecified atom stereocenters. The van der Waals surface area contributed by atoms with Crippen LogP contribution < -0.4 is 15.4 Å². The lowest BCUT2D eigenvalue weighted by Crippen LogP contribution is -2.51. The first-order chi connectivity index (χ1) is 7.79. The quantitative estimate of drug-likeness (QED) is 0.830. The van der Waals surface area contributed by atoms with Crippen molar-refractivity contribution in [2.45, 2.75) is 19.4 Å². The molecular formula is C12H17ClN2O. The van der Waals surface area contributed by atoms with Crippen molar-refractivity contribution >= 4 is 17.3 Å². The summed E-state index contributed by atoms with van der Waals surface area (Å²) in [6.07, 6.45) is 1.01. The van der Waals surface area contributed by atoms with Gasteiger partial charge in [-0.2, -0.15) is 0 Å². The van der Waals surface area contributed by atoms with Crippen LogP contribution in [0.1, 0.15) is 13.3 Å². The molecule has 0 amide bonds. The highest BCUT2D eigenvalue weighted by Crippen LogP contribution is 2.29. The molecule has 4 heteroatoms. The normalized spacial score (nSPS) is 15.6. The minimum absolute atomic E-state index is 0.488. The summed E-state index contributed by atoms with van der Waals surface area (Å²) in [6.45, 7) is 4.83. The lowest BCUT2D eigenvalue weighted by atomic mass is 10.1. The van der Waals surface area contributed by atoms with E-state index in [0.717, 1.165) is 42.6 Å². The van der Waals surface area contributed by atoms with E-state index < -0.39 is 0 Å². The highest BCUT2D eigenvalue weighted by atomic mass is 35.5. The van der Waals surface area contributed by atoms with Gasteiger partial charge in [-0.3, -0.25) is 0 Å². The number of halogens is 1. The van der Waals surface area contributed by atoms with Crippen molar-refractivity contribution < 1.29 is 4.74 Å². The molecule has 0 saturated carbocycles. The van der Waals surface area contributed by atoms with Gasteiger partial charge >= 0.3 is 0 Å². The van der Waals surface area contributed by atoms with E-state index in [2.05, 4.69) is 17.6 Å². The second-order valence-electron chi connectivity index (χ2n) is 3.99. The van der Waals surface area contributed by atoms with Gasteiger partial charge in [0, 0.05) is 18.1 Å². The molecule has 2 N–H and O–H groups in total. The average Bonchev–Trinajstić information content (AvgIpc) is 2.22. The first-order valence-electron chi connectivity index (χ1n) is 5.69. The molecule has 0 spiro atoms. The van der Waals surface area contributed by atoms with E-state index in [1.165, 1.54) is 0 Å². The smallest absolute Gasteiger partial charge is 0.142 e. The highest BCUT2D eigenvalue weighted by Gasteiger charge is 2.17. The van der Waals surface area contributed by atoms with E-state index in [0.29, 0.717) is 6.04 Å². The fourth-order valence-corrected chi connectivity index (χ4v) is 1.74. The Morgan fingerprint density at radius 1 is 1.50 bits per heavy atom. The van der Waals surface area contributed by atoms with E-state index in [9.17, 15) is 0 Å². The number of ether oxygens (including phenoxy) is 1. The van der Waals surface area contributed by atoms with Gasteiger partial charge in [0.15, 0.2) is 0 Å². The van der Waals surface area contributed by atoms with Gasteiger partial charge in [0.25, 0.3) is 0 Å². The molecule has 0 aliphatic carbocycles. The molecule has 1 fully saturated rings. The van der Waals surface area contributed by atoms with E-state index in [1.807, 2.05) is 18.2 Å². The second-order valence-corrected chi connectivity index (χ2v) is 4.42. The zero-order valence-corrected chi connectivity index (χ0v) is 10.2. The SMILES string of the molecule is CCCOc1ccc(Cl)cc1NC1CNC1. The highest BCUT2D eigenvalue weighted by molar-refractivity contribution is 6.30. The van der Waals surface area contributed by atoms with Gasteiger partial charge < -0.3 is 15.4 Å². The summed E-state index contributed by atoms with van der Waals surface area (Å²) in [7, 11) is 0. The van der Waals surface area contributed by atoms with Crippen LogP contribution in [0.5, 0.6) is 5.75 Å². The molecule has 3 nitrogen and oxygen atoms in total. The van der Waals surface area contributed by atoms with Crippen LogP contribution in [0.25, 0.3) is 0 Å². The Bertz CT molecular complexity index is 353. The van der Waals surface area contributed by atoms with Crippen LogP contribution in [0.3, 0.4) is 0 Å². The van der Waals surface area contributed by atoms with E-state index in [4.69, 9.17) is 16.3 Å². The number of hydrogen-bond donors (Lipinski definition) is 2. The Morgan fingerprint density at radius 2 is 2.31 bits per heavy atom. The van der Waals surface area contributed by atoms with Gasteiger partial charge in [-0.25, -0.2) is 0 Å². The van der Waals surface area contributed by atoms with Gasteiger partial charge in [0.2, 0.25) is 0 Å². The fraction of sp³-hybridized carbons (Fsp3) is 0.500. The molecule has 1 aliphatic rings. The predicted octanol–water partition coefficient (Wildman–Crippen LogP) is 2.51. The number of anilines is 1. The van der Waals surface area contributed by atoms with Crippen LogP contribution in [0.15, 0.2) is 18.2 Å². The molecule has 2 rings (SSSR count). The minimum atomic E-state index is 0.488. The zero-order chi connectivity index (χ0) is 11.4. The van der Waals surface area contributed by atoms with Gasteiger partial charge in [-0.1, -0.05) is 18.5 Å². The minimum Gasteiger partial charge on any atom is -0.491 e. The molecule has 1 aliphatic heterocycles. The molecule has 1 aromatic rings. The van der Waals surface area contributed by atoms with Crippen molar-refractivity contribution in [2.75, 3.05) is 25.0 Å². The maximum atomic E-state index is 5.98. The lowest BCUT2D eigenvalue weighted by molar-refractivity contribution is 0.318. The van der Waals surface area contributed by atoms with Crippen molar-refractivity contribution in [1.82, 2.24) is 5.32 Å². The maximum Gasteiger partial charge on any atom is 0.142 e. The topological polar surface area (TPSA) is 33.3 Å². The summed E-state index contributed by atoms with van der Waals surface area (Å²) in [6, 6.07) is 6.19. The van der Waals surface area contributed by atoms with Gasteiger partial charge in [-0.05, 0) is 24.6 Å². The molecule has 0 bridgehead atoms. The number of nitrogens with one attached hydrogen (secondary N) is 2. The van der Waals surface area contributed by atoms with Crippen molar-refractivity contribution in [3.63, 3.8) is 0 Å². The Balaban J connectivity index is 2.07. The van der Waals surface area contributed by atoms with E-state index in [1.54, 1.807) is 0 Å². The molecule has 88 valence electrons. The van der Waals surface area contributed by atoms with Gasteiger partial charge in [0.05, 0.1) is 18.3 Å². The van der Waals surface area contributed by atoms with Crippen molar-refractivity contribution in [1.29, 1.82) is 0 Å². The van der Waals surface area contributed by atoms with Crippen LogP contribution in [0, 0.1) is 0 Å². The average molecular weight is 241 g/mol. The predicted molar refractivity (Wildman–Crippen MR) is 67.5 cm³/mol. The van der Waals surface area contributed by atoms with Gasteiger partial charge in [0.1, 0.15) is 5.75 Å². The monoisotopic (exact) mass is 240 g/mol. The Morgan fingerprint density at radius 3 is 2.94 bits per heavy atom. The Labute approximate surface area is 101 Å². The van der Waals surface area contributed by atoms with Crippen LogP contribution in [0.2, 0.25) is 5.02 Å². The molecule has 1 aromatic carbocycles. The largest absolute Gasteiger partial charge is 0.491 e. The third kappa shape index (κ3) is 2.80. The summed E-state index contributed by atoms with van der Waals surface area (Å²) in [5, 5.41) is 7.38. The van der Waals surface area contributed by atoms with Crippen LogP contribution in [-0.2, 0) is 0 Å². The van der Waals surface area contributed by atoms with Crippen LogP contribution in [-0.4, -0.2) is 25.7 Å². The first kappa shape index (κ1) is 11.6. The maximum absolute atomic E-state index is 5.98. The van der Waals surface area contributed by atoms with Crippen LogP contribution in [0.4, 0.5) is 5.69 Å². The summed E-state index contributed by atoms with van der Waals surface area (Å²) in [4.78, 5) is 0. The summed E-state index contributed by atoms with van der Waals surface area (Å²) in [5.74, 6) is 0.887. The first-order valence-corrected chi connectivity index (χ1v) is 6.07. The summed E-state index contributed by atoms with van der Waals surface area (Å²) < 4.78 is 5.67. The number of rotatable bonds is 5. The fourth-order valence-electron chi connectivity index (χ4n) is 1.56. The molecule has 0 radical (unpaired) electrons. The lowest BCUT2D eigenvalue weighted by Gasteiger charge is -2.29. The molecule has 1 heterocycles. The van der Waals surface area contributed by atoms with E-state index >= 15 is 0 Å². The molecule has 1 saturated heterocycles. The van der Waals surface area contributed by atoms with E-state index in [-0.39, 0.29) is 0 Å². The van der Waals surface area contributed by atoms with Crippen molar-refractivity contribution in [3.05, 3.63) is 23.2 Å². The third-order valence-electron chi connectivity index (χ3n) is 2.54. The Kier molecular flexibility index (Phi) is 3.91. The Hall–Kier alpha value is -0.930. The van der Waals surface area contributed by atoms with Crippen LogP contribution >= 0.6 is 11.6 Å². The summed E-state index contributed by atoms with van der Waals surface area (Å²) >= 11 is 5.98. The molecular weight excluding hydrogens is 224 g/mol. The second kappa shape index (κ2) is 5.41. The standard InChI is InChI=1S/C12H17ClN2O/c1-2-5-16-12-4-3-9(13)6-11(12)15-10-7-14-8-10/h3-4,6,10,14-15H,2,5,7-8H2,1H3. The number of hydrogen-bond acceptors (Lipinski definition) is 3. The van der Waals surface area contributed by atoms with Crippen molar-refractivity contribution in [2.24, 2.45) is 0 Å². The van der Waals surface area contributed by atoms with Crippen molar-refractivity contribution in [3.8, 4) is 5.75 Å². The molecule has 0 aromatic heterocycles. The molecule has 0 atom stereocenters. The number of benzene rings is 1. The third-order valence-corrected chi connectivity index (χ3v) is 2.78.